The summed E-state index contributed by atoms with van der Waals surface area (Å²) in [6, 6.07) is 16.5. The Morgan fingerprint density at radius 1 is 1.07 bits per heavy atom. The van der Waals surface area contributed by atoms with Crippen LogP contribution in [0.1, 0.15) is 19.2 Å². The quantitative estimate of drug-likeness (QED) is 0.284. The maximum absolute atomic E-state index is 4.55. The van der Waals surface area contributed by atoms with Crippen molar-refractivity contribution < 1.29 is 0 Å². The average molecular weight is 400 g/mol. The Kier molecular flexibility index (Phi) is 7.49. The van der Waals surface area contributed by atoms with Gasteiger partial charge in [-0.05, 0) is 18.6 Å². The molecule has 0 amide bonds. The van der Waals surface area contributed by atoms with Crippen molar-refractivity contribution in [1.29, 1.82) is 0 Å². The van der Waals surface area contributed by atoms with Crippen LogP contribution in [-0.2, 0) is 6.16 Å². The number of benzene rings is 1. The smallest absolute Gasteiger partial charge is 0.183 e. The van der Waals surface area contributed by atoms with Gasteiger partial charge < -0.3 is 0 Å². The summed E-state index contributed by atoms with van der Waals surface area (Å²) in [7, 11) is -0.377. The fraction of sp³-hybridized carbons (Fsp3) is 0.160. The van der Waals surface area contributed by atoms with Crippen LogP contribution >= 0.6 is 7.53 Å². The van der Waals surface area contributed by atoms with Gasteiger partial charge in [0.15, 0.2) is 17.8 Å². The van der Waals surface area contributed by atoms with E-state index in [9.17, 15) is 0 Å². The molecule has 0 bridgehead atoms. The fourth-order valence-corrected chi connectivity index (χ4v) is 4.48. The van der Waals surface area contributed by atoms with Gasteiger partial charge in [-0.15, -0.1) is 16.8 Å². The highest BCUT2D eigenvalue weighted by molar-refractivity contribution is 7.47. The predicted octanol–water partition coefficient (Wildman–Crippen LogP) is 7.06. The zero-order valence-corrected chi connectivity index (χ0v) is 17.7. The minimum absolute atomic E-state index is 0.152. The minimum atomic E-state index is -0.377. The van der Waals surface area contributed by atoms with Crippen LogP contribution in [0, 0.1) is 5.92 Å². The molecule has 3 rings (SSSR count). The maximum Gasteiger partial charge on any atom is 0.183 e. The van der Waals surface area contributed by atoms with E-state index in [-0.39, 0.29) is 13.5 Å². The first-order chi connectivity index (χ1) is 14.2. The normalized spacial score (nSPS) is 12.4. The summed E-state index contributed by atoms with van der Waals surface area (Å²) in [6.07, 6.45) is 12.0. The van der Waals surface area contributed by atoms with Gasteiger partial charge in [0.05, 0.1) is 0 Å². The molecule has 4 heteroatoms. The van der Waals surface area contributed by atoms with Gasteiger partial charge in [0, 0.05) is 17.2 Å². The van der Waals surface area contributed by atoms with Gasteiger partial charge in [-0.3, -0.25) is 4.57 Å². The van der Waals surface area contributed by atoms with E-state index in [0.29, 0.717) is 0 Å². The Morgan fingerprint density at radius 3 is 2.52 bits per heavy atom. The molecule has 1 aromatic carbocycles. The molecule has 0 fully saturated rings. The third-order valence-corrected chi connectivity index (χ3v) is 6.38. The number of allylic oxidation sites excluding steroid dienone is 6. The maximum atomic E-state index is 4.55. The SMILES string of the molecule is C=CC/C=C\C=C/C(C)C(=C)n1c(C[p+]2ccccc2)nnc1-c1ccccc1. The molecule has 0 aliphatic carbocycles. The van der Waals surface area contributed by atoms with Crippen molar-refractivity contribution in [3.05, 3.63) is 109 Å². The number of aromatic nitrogens is 3. The van der Waals surface area contributed by atoms with Crippen LogP contribution in [0.5, 0.6) is 0 Å². The Balaban J connectivity index is 1.94. The standard InChI is InChI=1S/C25H27N3P/c1-4-5-6-7-10-15-21(2)22(3)28-24(20-29-18-13-9-14-19-29)26-27-25(28)23-16-11-8-12-17-23/h4,6-19,21H,1,3,5,20H2,2H3/q+1/b7-6-,15-10-. The van der Waals surface area contributed by atoms with E-state index < -0.39 is 0 Å². The Labute approximate surface area is 174 Å². The molecule has 0 saturated carbocycles. The molecule has 29 heavy (non-hydrogen) atoms. The molecule has 2 heterocycles. The van der Waals surface area contributed by atoms with Gasteiger partial charge >= 0.3 is 0 Å². The Hall–Kier alpha value is -3.03. The molecule has 1 atom stereocenters. The van der Waals surface area contributed by atoms with E-state index in [0.717, 1.165) is 35.5 Å². The largest absolute Gasteiger partial charge is 0.279 e. The van der Waals surface area contributed by atoms with Gasteiger partial charge in [0.1, 0.15) is 19.1 Å². The highest BCUT2D eigenvalue weighted by atomic mass is 31.1. The van der Waals surface area contributed by atoms with Crippen LogP contribution in [0.2, 0.25) is 0 Å². The van der Waals surface area contributed by atoms with Gasteiger partial charge in [0.2, 0.25) is 0 Å². The first-order valence-corrected chi connectivity index (χ1v) is 11.4. The number of rotatable bonds is 9. The van der Waals surface area contributed by atoms with Gasteiger partial charge in [-0.25, -0.2) is 0 Å². The molecule has 0 saturated heterocycles. The monoisotopic (exact) mass is 400 g/mol. The summed E-state index contributed by atoms with van der Waals surface area (Å²) in [6.45, 7) is 10.3. The first kappa shape index (κ1) is 20.7. The van der Waals surface area contributed by atoms with Crippen LogP contribution in [0.3, 0.4) is 0 Å². The van der Waals surface area contributed by atoms with Crippen molar-refractivity contribution >= 4 is 13.2 Å². The number of hydrogen-bond donors (Lipinski definition) is 0. The van der Waals surface area contributed by atoms with E-state index >= 15 is 0 Å². The molecular formula is C25H27N3P+. The zero-order valence-electron chi connectivity index (χ0n) is 16.9. The number of hydrogen-bond acceptors (Lipinski definition) is 2. The molecular weight excluding hydrogens is 373 g/mol. The third-order valence-electron chi connectivity index (χ3n) is 4.63. The van der Waals surface area contributed by atoms with Crippen molar-refractivity contribution in [1.82, 2.24) is 14.8 Å². The fourth-order valence-electron chi connectivity index (χ4n) is 3.00. The summed E-state index contributed by atoms with van der Waals surface area (Å²) < 4.78 is 2.14. The summed E-state index contributed by atoms with van der Waals surface area (Å²) in [4.78, 5) is 0. The number of nitrogens with zero attached hydrogens (tertiary/aromatic N) is 3. The van der Waals surface area contributed by atoms with Crippen molar-refractivity contribution in [2.75, 3.05) is 0 Å². The zero-order chi connectivity index (χ0) is 20.5. The highest BCUT2D eigenvalue weighted by Gasteiger charge is 2.21. The molecule has 0 spiro atoms. The predicted molar refractivity (Wildman–Crippen MR) is 126 cm³/mol. The molecule has 146 valence electrons. The summed E-state index contributed by atoms with van der Waals surface area (Å²) in [5.74, 6) is 6.47. The minimum Gasteiger partial charge on any atom is -0.279 e. The van der Waals surface area contributed by atoms with Crippen LogP contribution in [0.4, 0.5) is 0 Å². The van der Waals surface area contributed by atoms with Crippen molar-refractivity contribution in [2.45, 2.75) is 19.5 Å². The van der Waals surface area contributed by atoms with Crippen molar-refractivity contribution in [3.8, 4) is 11.4 Å². The van der Waals surface area contributed by atoms with E-state index in [2.05, 4.69) is 95.0 Å². The molecule has 1 unspecified atom stereocenters. The van der Waals surface area contributed by atoms with E-state index in [1.54, 1.807) is 0 Å². The molecule has 3 aromatic rings. The molecule has 0 aliphatic heterocycles. The Morgan fingerprint density at radius 2 is 1.79 bits per heavy atom. The lowest BCUT2D eigenvalue weighted by molar-refractivity contribution is 0.847. The topological polar surface area (TPSA) is 30.7 Å². The van der Waals surface area contributed by atoms with E-state index in [4.69, 9.17) is 0 Å². The Bertz CT molecular complexity index is 1000. The van der Waals surface area contributed by atoms with Crippen LogP contribution < -0.4 is 0 Å². The summed E-state index contributed by atoms with van der Waals surface area (Å²) in [5, 5.41) is 9.09. The second kappa shape index (κ2) is 10.5. The average Bonchev–Trinajstić information content (AvgIpc) is 3.17. The second-order valence-electron chi connectivity index (χ2n) is 6.81. The third kappa shape index (κ3) is 5.49. The van der Waals surface area contributed by atoms with Crippen LogP contribution in [-0.4, -0.2) is 14.8 Å². The van der Waals surface area contributed by atoms with Gasteiger partial charge in [-0.2, -0.15) is 0 Å². The van der Waals surface area contributed by atoms with Crippen LogP contribution in [0.25, 0.3) is 17.1 Å². The highest BCUT2D eigenvalue weighted by Crippen LogP contribution is 2.33. The lowest BCUT2D eigenvalue weighted by Crippen LogP contribution is -2.08. The molecule has 0 aliphatic rings. The van der Waals surface area contributed by atoms with Crippen molar-refractivity contribution in [2.24, 2.45) is 5.92 Å². The van der Waals surface area contributed by atoms with E-state index in [1.165, 1.54) is 0 Å². The van der Waals surface area contributed by atoms with E-state index in [1.807, 2.05) is 30.4 Å². The second-order valence-corrected chi connectivity index (χ2v) is 8.75. The lowest BCUT2D eigenvalue weighted by atomic mass is 10.1. The summed E-state index contributed by atoms with van der Waals surface area (Å²) in [5.41, 5.74) is 2.02. The van der Waals surface area contributed by atoms with Gasteiger partial charge in [-0.1, -0.05) is 80.3 Å². The first-order valence-electron chi connectivity index (χ1n) is 9.78. The molecule has 0 radical (unpaired) electrons. The molecule has 2 aromatic heterocycles. The summed E-state index contributed by atoms with van der Waals surface area (Å²) >= 11 is 0. The van der Waals surface area contributed by atoms with Crippen molar-refractivity contribution in [3.63, 3.8) is 0 Å². The van der Waals surface area contributed by atoms with Crippen LogP contribution in [0.15, 0.2) is 104 Å². The molecule has 3 nitrogen and oxygen atoms in total. The molecule has 0 N–H and O–H groups in total. The lowest BCUT2D eigenvalue weighted by Gasteiger charge is -2.16. The van der Waals surface area contributed by atoms with Gasteiger partial charge in [0.25, 0.3) is 0 Å².